The number of nitrogens with zero attached hydrogens (tertiary/aromatic N) is 2. The molecule has 0 aromatic carbocycles. The molecule has 1 aliphatic heterocycles. The molecule has 21 heavy (non-hydrogen) atoms. The summed E-state index contributed by atoms with van der Waals surface area (Å²) < 4.78 is 0. The first-order chi connectivity index (χ1) is 10.1. The molecule has 0 atom stereocenters. The predicted octanol–water partition coefficient (Wildman–Crippen LogP) is 2.96. The Bertz CT molecular complexity index is 278. The molecule has 2 fully saturated rings. The van der Waals surface area contributed by atoms with Gasteiger partial charge in [-0.25, -0.2) is 0 Å². The molecule has 3 nitrogen and oxygen atoms in total. The van der Waals surface area contributed by atoms with Crippen molar-refractivity contribution in [1.29, 1.82) is 0 Å². The summed E-state index contributed by atoms with van der Waals surface area (Å²) in [6.45, 7) is 12.2. The number of nitrogens with one attached hydrogen (secondary N) is 1. The first kappa shape index (κ1) is 17.2. The van der Waals surface area contributed by atoms with Crippen molar-refractivity contribution in [3.63, 3.8) is 0 Å². The molecule has 1 N–H and O–H groups in total. The molecule has 3 heteroatoms. The molecule has 124 valence electrons. The fraction of sp³-hybridized carbons (Fsp3) is 1.00. The Kier molecular flexibility index (Phi) is 6.97. The van der Waals surface area contributed by atoms with Gasteiger partial charge in [-0.15, -0.1) is 0 Å². The normalized spacial score (nSPS) is 23.3. The summed E-state index contributed by atoms with van der Waals surface area (Å²) >= 11 is 0. The smallest absolute Gasteiger partial charge is 0.0109 e. The summed E-state index contributed by atoms with van der Waals surface area (Å²) in [6.07, 6.45) is 9.96. The van der Waals surface area contributed by atoms with Crippen LogP contribution in [-0.4, -0.2) is 62.2 Å². The van der Waals surface area contributed by atoms with Gasteiger partial charge in [-0.2, -0.15) is 0 Å². The lowest BCUT2D eigenvalue weighted by Crippen LogP contribution is -2.47. The van der Waals surface area contributed by atoms with E-state index in [2.05, 4.69) is 36.0 Å². The third-order valence-corrected chi connectivity index (χ3v) is 5.40. The lowest BCUT2D eigenvalue weighted by Gasteiger charge is -2.41. The van der Waals surface area contributed by atoms with Crippen LogP contribution in [0.3, 0.4) is 0 Å². The maximum Gasteiger partial charge on any atom is 0.0109 e. The van der Waals surface area contributed by atoms with E-state index in [4.69, 9.17) is 0 Å². The molecule has 2 rings (SSSR count). The van der Waals surface area contributed by atoms with Gasteiger partial charge in [0.05, 0.1) is 0 Å². The summed E-state index contributed by atoms with van der Waals surface area (Å²) in [7, 11) is 2.34. The Morgan fingerprint density at radius 2 is 1.71 bits per heavy atom. The molecule has 1 saturated heterocycles. The molecule has 0 unspecified atom stereocenters. The number of hydrogen-bond acceptors (Lipinski definition) is 3. The van der Waals surface area contributed by atoms with Gasteiger partial charge in [0.25, 0.3) is 0 Å². The van der Waals surface area contributed by atoms with E-state index >= 15 is 0 Å². The standard InChI is InChI=1S/C18H37N3/c1-17(2)19-15-18(9-5-4-6-10-18)16-20(3)13-14-21-11-7-8-12-21/h17,19H,4-16H2,1-3H3. The summed E-state index contributed by atoms with van der Waals surface area (Å²) in [6, 6.07) is 0.610. The highest BCUT2D eigenvalue weighted by Gasteiger charge is 2.33. The molecule has 0 radical (unpaired) electrons. The second-order valence-corrected chi connectivity index (χ2v) is 7.88. The first-order valence-electron chi connectivity index (χ1n) is 9.24. The molecule has 1 saturated carbocycles. The SMILES string of the molecule is CC(C)NCC1(CN(C)CCN2CCCC2)CCCCC1. The van der Waals surface area contributed by atoms with E-state index in [9.17, 15) is 0 Å². The topological polar surface area (TPSA) is 18.5 Å². The Morgan fingerprint density at radius 1 is 1.05 bits per heavy atom. The molecule has 1 heterocycles. The van der Waals surface area contributed by atoms with Gasteiger partial charge in [0, 0.05) is 32.2 Å². The predicted molar refractivity (Wildman–Crippen MR) is 91.8 cm³/mol. The number of likely N-dealkylation sites (N-methyl/N-ethyl adjacent to an activating group) is 1. The van der Waals surface area contributed by atoms with Crippen LogP contribution in [-0.2, 0) is 0 Å². The molecule has 0 bridgehead atoms. The maximum atomic E-state index is 3.72. The fourth-order valence-electron chi connectivity index (χ4n) is 4.08. The Hall–Kier alpha value is -0.120. The van der Waals surface area contributed by atoms with Crippen molar-refractivity contribution in [2.75, 3.05) is 46.3 Å². The number of hydrogen-bond donors (Lipinski definition) is 1. The average molecular weight is 296 g/mol. The van der Waals surface area contributed by atoms with Gasteiger partial charge in [-0.3, -0.25) is 0 Å². The minimum absolute atomic E-state index is 0.530. The van der Waals surface area contributed by atoms with Crippen molar-refractivity contribution in [1.82, 2.24) is 15.1 Å². The van der Waals surface area contributed by atoms with Crippen molar-refractivity contribution < 1.29 is 0 Å². The van der Waals surface area contributed by atoms with Crippen molar-refractivity contribution in [3.8, 4) is 0 Å². The van der Waals surface area contributed by atoms with Crippen LogP contribution in [0.1, 0.15) is 58.8 Å². The molecule has 2 aliphatic rings. The Labute approximate surface area is 132 Å². The molecule has 0 spiro atoms. The van der Waals surface area contributed by atoms with Gasteiger partial charge in [0.15, 0.2) is 0 Å². The Morgan fingerprint density at radius 3 is 2.33 bits per heavy atom. The molecule has 0 aromatic rings. The van der Waals surface area contributed by atoms with Gasteiger partial charge in [0.1, 0.15) is 0 Å². The van der Waals surface area contributed by atoms with Gasteiger partial charge >= 0.3 is 0 Å². The largest absolute Gasteiger partial charge is 0.314 e. The van der Waals surface area contributed by atoms with Crippen LogP contribution >= 0.6 is 0 Å². The van der Waals surface area contributed by atoms with E-state index in [1.165, 1.54) is 84.2 Å². The first-order valence-corrected chi connectivity index (χ1v) is 9.24. The molecular formula is C18H37N3. The van der Waals surface area contributed by atoms with E-state index in [0.29, 0.717) is 11.5 Å². The molecule has 0 aromatic heterocycles. The van der Waals surface area contributed by atoms with Crippen LogP contribution in [0.5, 0.6) is 0 Å². The van der Waals surface area contributed by atoms with E-state index in [-0.39, 0.29) is 0 Å². The van der Waals surface area contributed by atoms with E-state index in [1.54, 1.807) is 0 Å². The second kappa shape index (κ2) is 8.50. The van der Waals surface area contributed by atoms with Gasteiger partial charge < -0.3 is 15.1 Å². The van der Waals surface area contributed by atoms with Crippen molar-refractivity contribution in [3.05, 3.63) is 0 Å². The van der Waals surface area contributed by atoms with Crippen molar-refractivity contribution >= 4 is 0 Å². The molecular weight excluding hydrogens is 258 g/mol. The quantitative estimate of drug-likeness (QED) is 0.743. The molecule has 1 aliphatic carbocycles. The number of rotatable bonds is 8. The van der Waals surface area contributed by atoms with Gasteiger partial charge in [-0.05, 0) is 51.2 Å². The third kappa shape index (κ3) is 5.88. The minimum atomic E-state index is 0.530. The zero-order chi connectivity index (χ0) is 15.1. The van der Waals surface area contributed by atoms with Crippen LogP contribution in [0, 0.1) is 5.41 Å². The van der Waals surface area contributed by atoms with E-state index in [1.807, 2.05) is 0 Å². The highest BCUT2D eigenvalue weighted by molar-refractivity contribution is 4.88. The highest BCUT2D eigenvalue weighted by atomic mass is 15.2. The zero-order valence-electron chi connectivity index (χ0n) is 14.7. The van der Waals surface area contributed by atoms with Gasteiger partial charge in [-0.1, -0.05) is 33.1 Å². The van der Waals surface area contributed by atoms with Crippen molar-refractivity contribution in [2.45, 2.75) is 64.8 Å². The van der Waals surface area contributed by atoms with Crippen LogP contribution in [0.15, 0.2) is 0 Å². The second-order valence-electron chi connectivity index (χ2n) is 7.88. The third-order valence-electron chi connectivity index (χ3n) is 5.40. The van der Waals surface area contributed by atoms with Crippen LogP contribution in [0.25, 0.3) is 0 Å². The average Bonchev–Trinajstić information content (AvgIpc) is 2.97. The summed E-state index contributed by atoms with van der Waals surface area (Å²) in [5.41, 5.74) is 0.530. The lowest BCUT2D eigenvalue weighted by atomic mass is 9.73. The number of likely N-dealkylation sites (tertiary alicyclic amines) is 1. The summed E-state index contributed by atoms with van der Waals surface area (Å²) in [4.78, 5) is 5.24. The monoisotopic (exact) mass is 295 g/mol. The molecule has 0 amide bonds. The zero-order valence-corrected chi connectivity index (χ0v) is 14.7. The summed E-state index contributed by atoms with van der Waals surface area (Å²) in [5.74, 6) is 0. The fourth-order valence-corrected chi connectivity index (χ4v) is 4.08. The van der Waals surface area contributed by atoms with Crippen LogP contribution < -0.4 is 5.32 Å². The van der Waals surface area contributed by atoms with Crippen molar-refractivity contribution in [2.24, 2.45) is 5.41 Å². The minimum Gasteiger partial charge on any atom is -0.314 e. The lowest BCUT2D eigenvalue weighted by molar-refractivity contribution is 0.109. The maximum absolute atomic E-state index is 3.72. The van der Waals surface area contributed by atoms with Crippen LogP contribution in [0.2, 0.25) is 0 Å². The van der Waals surface area contributed by atoms with E-state index < -0.39 is 0 Å². The van der Waals surface area contributed by atoms with E-state index in [0.717, 1.165) is 0 Å². The van der Waals surface area contributed by atoms with Crippen LogP contribution in [0.4, 0.5) is 0 Å². The summed E-state index contributed by atoms with van der Waals surface area (Å²) in [5, 5.41) is 3.72. The highest BCUT2D eigenvalue weighted by Crippen LogP contribution is 2.36. The Balaban J connectivity index is 1.78. The van der Waals surface area contributed by atoms with Gasteiger partial charge in [0.2, 0.25) is 0 Å².